The van der Waals surface area contributed by atoms with E-state index in [0.29, 0.717) is 19.0 Å². The lowest BCUT2D eigenvalue weighted by Crippen LogP contribution is -2.34. The predicted molar refractivity (Wildman–Crippen MR) is 82.9 cm³/mol. The first-order chi connectivity index (χ1) is 10.8. The van der Waals surface area contributed by atoms with Gasteiger partial charge in [-0.1, -0.05) is 13.8 Å². The zero-order valence-corrected chi connectivity index (χ0v) is 13.7. The molecule has 1 heterocycles. The van der Waals surface area contributed by atoms with Gasteiger partial charge < -0.3 is 10.0 Å². The lowest BCUT2D eigenvalue weighted by Gasteiger charge is -2.22. The molecule has 1 aromatic carbocycles. The van der Waals surface area contributed by atoms with Crippen LogP contribution in [0.1, 0.15) is 20.3 Å². The number of carbonyl (C=O) groups excluding carboxylic acids is 1. The fraction of sp³-hybridized carbons (Fsp3) is 0.500. The van der Waals surface area contributed by atoms with Crippen LogP contribution in [-0.2, 0) is 4.79 Å². The van der Waals surface area contributed by atoms with Crippen molar-refractivity contribution in [2.75, 3.05) is 25.5 Å². The number of amides is 1. The van der Waals surface area contributed by atoms with Crippen LogP contribution < -0.4 is 4.90 Å². The van der Waals surface area contributed by atoms with E-state index in [0.717, 1.165) is 11.0 Å². The molecule has 126 valence electrons. The predicted octanol–water partition coefficient (Wildman–Crippen LogP) is 2.50. The van der Waals surface area contributed by atoms with Gasteiger partial charge in [0.2, 0.25) is 5.91 Å². The molecule has 7 heteroatoms. The number of hydrogen-bond donors (Lipinski definition) is 1. The SMILES string of the molecule is CC.CN(C(=O)C1CC(C#N)N(C)C1)c1c(O)cc(F)cc1F. The van der Waals surface area contributed by atoms with Crippen LogP contribution >= 0.6 is 0 Å². The Bertz CT molecular complexity index is 593. The van der Waals surface area contributed by atoms with E-state index in [-0.39, 0.29) is 11.7 Å². The van der Waals surface area contributed by atoms with Crippen LogP contribution in [0.2, 0.25) is 0 Å². The summed E-state index contributed by atoms with van der Waals surface area (Å²) in [6.07, 6.45) is 0.347. The summed E-state index contributed by atoms with van der Waals surface area (Å²) >= 11 is 0. The molecule has 1 saturated heterocycles. The first kappa shape index (κ1) is 18.8. The summed E-state index contributed by atoms with van der Waals surface area (Å²) in [5, 5.41) is 18.6. The maximum absolute atomic E-state index is 13.8. The Kier molecular flexibility index (Phi) is 6.46. The largest absolute Gasteiger partial charge is 0.506 e. The molecule has 23 heavy (non-hydrogen) atoms. The fourth-order valence-corrected chi connectivity index (χ4v) is 2.60. The van der Waals surface area contributed by atoms with E-state index in [4.69, 9.17) is 5.26 Å². The first-order valence-corrected chi connectivity index (χ1v) is 7.40. The van der Waals surface area contributed by atoms with Gasteiger partial charge in [-0.15, -0.1) is 0 Å². The molecular formula is C16H21F2N3O2. The zero-order chi connectivity index (χ0) is 17.7. The van der Waals surface area contributed by atoms with E-state index in [1.54, 1.807) is 11.9 Å². The van der Waals surface area contributed by atoms with Gasteiger partial charge in [-0.25, -0.2) is 8.78 Å². The number of anilines is 1. The van der Waals surface area contributed by atoms with Gasteiger partial charge >= 0.3 is 0 Å². The number of carbonyl (C=O) groups is 1. The fourth-order valence-electron chi connectivity index (χ4n) is 2.60. The summed E-state index contributed by atoms with van der Waals surface area (Å²) in [5.41, 5.74) is -0.357. The summed E-state index contributed by atoms with van der Waals surface area (Å²) in [6, 6.07) is 3.09. The van der Waals surface area contributed by atoms with Gasteiger partial charge in [0.05, 0.1) is 18.0 Å². The number of aromatic hydroxyl groups is 1. The Hall–Kier alpha value is -2.20. The molecule has 2 rings (SSSR count). The molecule has 1 aromatic rings. The molecule has 0 spiro atoms. The van der Waals surface area contributed by atoms with Gasteiger partial charge in [0.1, 0.15) is 17.3 Å². The molecular weight excluding hydrogens is 304 g/mol. The van der Waals surface area contributed by atoms with Crippen LogP contribution in [0.5, 0.6) is 5.75 Å². The Morgan fingerprint density at radius 3 is 2.52 bits per heavy atom. The van der Waals surface area contributed by atoms with Crippen molar-refractivity contribution in [3.05, 3.63) is 23.8 Å². The zero-order valence-electron chi connectivity index (χ0n) is 13.7. The van der Waals surface area contributed by atoms with Crippen molar-refractivity contribution in [2.24, 2.45) is 5.92 Å². The molecule has 1 amide bonds. The van der Waals surface area contributed by atoms with Gasteiger partial charge in [-0.05, 0) is 13.5 Å². The smallest absolute Gasteiger partial charge is 0.231 e. The van der Waals surface area contributed by atoms with Crippen molar-refractivity contribution in [1.82, 2.24) is 4.90 Å². The molecule has 0 radical (unpaired) electrons. The van der Waals surface area contributed by atoms with Crippen LogP contribution in [0.15, 0.2) is 12.1 Å². The van der Waals surface area contributed by atoms with Crippen molar-refractivity contribution < 1.29 is 18.7 Å². The minimum Gasteiger partial charge on any atom is -0.506 e. The molecule has 1 aliphatic rings. The molecule has 0 aliphatic carbocycles. The third-order valence-corrected chi connectivity index (χ3v) is 3.72. The summed E-state index contributed by atoms with van der Waals surface area (Å²) < 4.78 is 26.7. The van der Waals surface area contributed by atoms with E-state index in [1.807, 2.05) is 13.8 Å². The van der Waals surface area contributed by atoms with Crippen LogP contribution in [0.4, 0.5) is 14.5 Å². The number of rotatable bonds is 2. The summed E-state index contributed by atoms with van der Waals surface area (Å²) in [5.74, 6) is -3.44. The number of halogens is 2. The minimum atomic E-state index is -1.01. The Balaban J connectivity index is 0.00000127. The highest BCUT2D eigenvalue weighted by atomic mass is 19.1. The second kappa shape index (κ2) is 7.88. The van der Waals surface area contributed by atoms with E-state index in [2.05, 4.69) is 6.07 Å². The average Bonchev–Trinajstić information content (AvgIpc) is 2.88. The monoisotopic (exact) mass is 325 g/mol. The van der Waals surface area contributed by atoms with Crippen molar-refractivity contribution in [3.63, 3.8) is 0 Å². The van der Waals surface area contributed by atoms with Crippen molar-refractivity contribution in [2.45, 2.75) is 26.3 Å². The highest BCUT2D eigenvalue weighted by Crippen LogP contribution is 2.33. The highest BCUT2D eigenvalue weighted by Gasteiger charge is 2.36. The second-order valence-electron chi connectivity index (χ2n) is 5.17. The standard InChI is InChI=1S/C14H15F2N3O2.C2H6/c1-18-7-8(3-10(18)6-17)14(21)19(2)13-11(16)4-9(15)5-12(13)20;1-2/h4-5,8,10,20H,3,7H2,1-2H3;1-2H3. The van der Waals surface area contributed by atoms with E-state index < -0.39 is 29.2 Å². The Morgan fingerprint density at radius 1 is 1.43 bits per heavy atom. The van der Waals surface area contributed by atoms with E-state index >= 15 is 0 Å². The molecule has 1 aliphatic heterocycles. The molecule has 2 atom stereocenters. The van der Waals surface area contributed by atoms with Crippen molar-refractivity contribution in [3.8, 4) is 11.8 Å². The van der Waals surface area contributed by atoms with Gasteiger partial charge in [0, 0.05) is 25.7 Å². The topological polar surface area (TPSA) is 67.6 Å². The maximum atomic E-state index is 13.8. The van der Waals surface area contributed by atoms with E-state index in [9.17, 15) is 18.7 Å². The van der Waals surface area contributed by atoms with Crippen LogP contribution in [0.25, 0.3) is 0 Å². The molecule has 5 nitrogen and oxygen atoms in total. The summed E-state index contributed by atoms with van der Waals surface area (Å²) in [7, 11) is 3.05. The summed E-state index contributed by atoms with van der Waals surface area (Å²) in [4.78, 5) is 15.1. The normalized spacial score (nSPS) is 20.4. The van der Waals surface area contributed by atoms with Gasteiger partial charge in [0.25, 0.3) is 0 Å². The molecule has 0 saturated carbocycles. The number of likely N-dealkylation sites (tertiary alicyclic amines) is 1. The van der Waals surface area contributed by atoms with Crippen molar-refractivity contribution >= 4 is 11.6 Å². The molecule has 0 bridgehead atoms. The van der Waals surface area contributed by atoms with Crippen LogP contribution in [0.3, 0.4) is 0 Å². The Morgan fingerprint density at radius 2 is 2.04 bits per heavy atom. The van der Waals surface area contributed by atoms with Crippen molar-refractivity contribution in [1.29, 1.82) is 5.26 Å². The average molecular weight is 325 g/mol. The highest BCUT2D eigenvalue weighted by molar-refractivity contribution is 5.96. The number of phenolic OH excluding ortho intramolecular Hbond substituents is 1. The summed E-state index contributed by atoms with van der Waals surface area (Å²) in [6.45, 7) is 4.38. The molecule has 1 N–H and O–H groups in total. The van der Waals surface area contributed by atoms with Gasteiger partial charge in [-0.2, -0.15) is 5.26 Å². The lowest BCUT2D eigenvalue weighted by atomic mass is 10.0. The van der Waals surface area contributed by atoms with Gasteiger partial charge in [-0.3, -0.25) is 9.69 Å². The first-order valence-electron chi connectivity index (χ1n) is 7.40. The number of hydrogen-bond acceptors (Lipinski definition) is 4. The minimum absolute atomic E-state index is 0.347. The third kappa shape index (κ3) is 3.96. The number of nitrogens with zero attached hydrogens (tertiary/aromatic N) is 3. The maximum Gasteiger partial charge on any atom is 0.231 e. The van der Waals surface area contributed by atoms with Crippen LogP contribution in [-0.4, -0.2) is 42.6 Å². The molecule has 0 aromatic heterocycles. The Labute approximate surface area is 134 Å². The molecule has 1 fully saturated rings. The van der Waals surface area contributed by atoms with E-state index in [1.165, 1.54) is 7.05 Å². The number of benzene rings is 1. The number of phenols is 1. The quantitative estimate of drug-likeness (QED) is 0.907. The lowest BCUT2D eigenvalue weighted by molar-refractivity contribution is -0.121. The number of nitriles is 1. The third-order valence-electron chi connectivity index (χ3n) is 3.72. The van der Waals surface area contributed by atoms with Gasteiger partial charge in [0.15, 0.2) is 5.82 Å². The second-order valence-corrected chi connectivity index (χ2v) is 5.17. The molecule has 2 unspecified atom stereocenters. The van der Waals surface area contributed by atoms with Crippen LogP contribution in [0, 0.1) is 28.9 Å².